The summed E-state index contributed by atoms with van der Waals surface area (Å²) in [5, 5.41) is 0. The summed E-state index contributed by atoms with van der Waals surface area (Å²) >= 11 is 7.30. The summed E-state index contributed by atoms with van der Waals surface area (Å²) in [6.07, 6.45) is 0.605. The second kappa shape index (κ2) is 5.60. The SMILES string of the molecule is CC(=O)C(C)C(Cc1ccc(Cl)s1)C(C)=O. The second-order valence-electron chi connectivity index (χ2n) is 4.03. The topological polar surface area (TPSA) is 34.1 Å². The minimum absolute atomic E-state index is 0.0582. The molecule has 0 aliphatic heterocycles. The predicted molar refractivity (Wildman–Crippen MR) is 67.0 cm³/mol. The highest BCUT2D eigenvalue weighted by atomic mass is 35.5. The fourth-order valence-corrected chi connectivity index (χ4v) is 2.78. The van der Waals surface area contributed by atoms with Crippen LogP contribution in [0.3, 0.4) is 0 Å². The van der Waals surface area contributed by atoms with E-state index in [1.807, 2.05) is 19.1 Å². The molecule has 1 rings (SSSR count). The lowest BCUT2D eigenvalue weighted by Crippen LogP contribution is -2.26. The molecule has 1 heterocycles. The highest BCUT2D eigenvalue weighted by molar-refractivity contribution is 7.16. The molecule has 0 aromatic carbocycles. The summed E-state index contributed by atoms with van der Waals surface area (Å²) in [4.78, 5) is 23.9. The van der Waals surface area contributed by atoms with Crippen LogP contribution in [-0.2, 0) is 16.0 Å². The van der Waals surface area contributed by atoms with Crippen LogP contribution in [0.5, 0.6) is 0 Å². The summed E-state index contributed by atoms with van der Waals surface area (Å²) in [5.41, 5.74) is 0. The van der Waals surface area contributed by atoms with Gasteiger partial charge >= 0.3 is 0 Å². The van der Waals surface area contributed by atoms with E-state index in [0.717, 1.165) is 4.88 Å². The number of Topliss-reactive ketones (excluding diaryl/α,β-unsaturated/α-hetero) is 2. The fourth-order valence-electron chi connectivity index (χ4n) is 1.63. The Morgan fingerprint density at radius 2 is 1.94 bits per heavy atom. The third-order valence-electron chi connectivity index (χ3n) is 2.82. The maximum atomic E-state index is 11.5. The number of carbonyl (C=O) groups is 2. The highest BCUT2D eigenvalue weighted by Gasteiger charge is 2.25. The van der Waals surface area contributed by atoms with E-state index in [4.69, 9.17) is 11.6 Å². The molecular formula is C12H15ClO2S. The zero-order valence-electron chi connectivity index (χ0n) is 9.62. The lowest BCUT2D eigenvalue weighted by atomic mass is 9.85. The molecule has 88 valence electrons. The maximum absolute atomic E-state index is 11.5. The molecule has 16 heavy (non-hydrogen) atoms. The summed E-state index contributed by atoms with van der Waals surface area (Å²) in [6, 6.07) is 3.73. The van der Waals surface area contributed by atoms with Crippen LogP contribution in [0.15, 0.2) is 12.1 Å². The van der Waals surface area contributed by atoms with E-state index in [-0.39, 0.29) is 23.4 Å². The molecule has 1 aromatic rings. The summed E-state index contributed by atoms with van der Waals surface area (Å²) in [5.74, 6) is -0.333. The lowest BCUT2D eigenvalue weighted by molar-refractivity contribution is -0.129. The van der Waals surface area contributed by atoms with E-state index in [0.29, 0.717) is 10.8 Å². The molecule has 0 spiro atoms. The van der Waals surface area contributed by atoms with Crippen molar-refractivity contribution in [2.45, 2.75) is 27.2 Å². The molecule has 0 radical (unpaired) electrons. The van der Waals surface area contributed by atoms with E-state index in [1.165, 1.54) is 18.3 Å². The first-order valence-electron chi connectivity index (χ1n) is 5.17. The second-order valence-corrected chi connectivity index (χ2v) is 5.83. The molecule has 4 heteroatoms. The molecular weight excluding hydrogens is 244 g/mol. The Hall–Kier alpha value is -0.670. The van der Waals surface area contributed by atoms with E-state index in [9.17, 15) is 9.59 Å². The highest BCUT2D eigenvalue weighted by Crippen LogP contribution is 2.27. The molecule has 0 fully saturated rings. The van der Waals surface area contributed by atoms with Gasteiger partial charge in [0, 0.05) is 16.7 Å². The third kappa shape index (κ3) is 3.42. The summed E-state index contributed by atoms with van der Waals surface area (Å²) < 4.78 is 0.716. The summed E-state index contributed by atoms with van der Waals surface area (Å²) in [7, 11) is 0. The molecule has 0 bridgehead atoms. The zero-order chi connectivity index (χ0) is 12.3. The van der Waals surface area contributed by atoms with Gasteiger partial charge in [-0.3, -0.25) is 9.59 Å². The van der Waals surface area contributed by atoms with Crippen LogP contribution in [0.4, 0.5) is 0 Å². The minimum atomic E-state index is -0.229. The summed E-state index contributed by atoms with van der Waals surface area (Å²) in [6.45, 7) is 4.88. The molecule has 0 aliphatic rings. The molecule has 0 saturated heterocycles. The monoisotopic (exact) mass is 258 g/mol. The number of carbonyl (C=O) groups excluding carboxylic acids is 2. The van der Waals surface area contributed by atoms with Crippen LogP contribution in [0.25, 0.3) is 0 Å². The average Bonchev–Trinajstić information content (AvgIpc) is 2.59. The number of hydrogen-bond acceptors (Lipinski definition) is 3. The van der Waals surface area contributed by atoms with Gasteiger partial charge in [0.1, 0.15) is 11.6 Å². The third-order valence-corrected chi connectivity index (χ3v) is 4.07. The van der Waals surface area contributed by atoms with Crippen molar-refractivity contribution >= 4 is 34.5 Å². The van der Waals surface area contributed by atoms with E-state index >= 15 is 0 Å². The molecule has 0 amide bonds. The van der Waals surface area contributed by atoms with Crippen LogP contribution in [0.1, 0.15) is 25.6 Å². The fraction of sp³-hybridized carbons (Fsp3) is 0.500. The van der Waals surface area contributed by atoms with Crippen LogP contribution in [0, 0.1) is 11.8 Å². The van der Waals surface area contributed by atoms with E-state index in [1.54, 1.807) is 6.92 Å². The van der Waals surface area contributed by atoms with Gasteiger partial charge in [-0.2, -0.15) is 0 Å². The molecule has 0 saturated carbocycles. The van der Waals surface area contributed by atoms with Gasteiger partial charge in [-0.15, -0.1) is 11.3 Å². The zero-order valence-corrected chi connectivity index (χ0v) is 11.2. The Balaban J connectivity index is 2.80. The van der Waals surface area contributed by atoms with Crippen molar-refractivity contribution in [3.05, 3.63) is 21.3 Å². The van der Waals surface area contributed by atoms with Gasteiger partial charge in [0.25, 0.3) is 0 Å². The Morgan fingerprint density at radius 1 is 1.31 bits per heavy atom. The molecule has 0 N–H and O–H groups in total. The lowest BCUT2D eigenvalue weighted by Gasteiger charge is -2.18. The minimum Gasteiger partial charge on any atom is -0.300 e. The van der Waals surface area contributed by atoms with Gasteiger partial charge in [-0.05, 0) is 32.4 Å². The maximum Gasteiger partial charge on any atom is 0.133 e. The van der Waals surface area contributed by atoms with Crippen molar-refractivity contribution in [2.24, 2.45) is 11.8 Å². The van der Waals surface area contributed by atoms with Gasteiger partial charge in [-0.1, -0.05) is 18.5 Å². The smallest absolute Gasteiger partial charge is 0.133 e. The van der Waals surface area contributed by atoms with Crippen molar-refractivity contribution in [2.75, 3.05) is 0 Å². The number of rotatable bonds is 5. The first-order valence-corrected chi connectivity index (χ1v) is 6.36. The molecule has 1 aromatic heterocycles. The van der Waals surface area contributed by atoms with Crippen molar-refractivity contribution in [3.63, 3.8) is 0 Å². The van der Waals surface area contributed by atoms with Crippen molar-refractivity contribution < 1.29 is 9.59 Å². The van der Waals surface area contributed by atoms with Crippen LogP contribution < -0.4 is 0 Å². The molecule has 2 nitrogen and oxygen atoms in total. The first kappa shape index (κ1) is 13.4. The van der Waals surface area contributed by atoms with Gasteiger partial charge < -0.3 is 0 Å². The molecule has 2 unspecified atom stereocenters. The number of thiophene rings is 1. The van der Waals surface area contributed by atoms with Gasteiger partial charge in [0.05, 0.1) is 4.34 Å². The normalized spacial score (nSPS) is 14.5. The van der Waals surface area contributed by atoms with E-state index < -0.39 is 0 Å². The first-order chi connectivity index (χ1) is 7.41. The van der Waals surface area contributed by atoms with Crippen molar-refractivity contribution in [3.8, 4) is 0 Å². The van der Waals surface area contributed by atoms with Crippen molar-refractivity contribution in [1.82, 2.24) is 0 Å². The van der Waals surface area contributed by atoms with Gasteiger partial charge in [-0.25, -0.2) is 0 Å². The Morgan fingerprint density at radius 3 is 2.31 bits per heavy atom. The predicted octanol–water partition coefficient (Wildman–Crippen LogP) is 3.37. The van der Waals surface area contributed by atoms with Crippen LogP contribution in [0.2, 0.25) is 4.34 Å². The number of halogens is 1. The number of ketones is 2. The van der Waals surface area contributed by atoms with Crippen LogP contribution in [-0.4, -0.2) is 11.6 Å². The van der Waals surface area contributed by atoms with Gasteiger partial charge in [0.15, 0.2) is 0 Å². The van der Waals surface area contributed by atoms with Crippen LogP contribution >= 0.6 is 22.9 Å². The van der Waals surface area contributed by atoms with Crippen molar-refractivity contribution in [1.29, 1.82) is 0 Å². The standard InChI is InChI=1S/C12H15ClO2S/c1-7(8(2)14)11(9(3)15)6-10-4-5-12(13)16-10/h4-5,7,11H,6H2,1-3H3. The number of hydrogen-bond donors (Lipinski definition) is 0. The van der Waals surface area contributed by atoms with Gasteiger partial charge in [0.2, 0.25) is 0 Å². The average molecular weight is 259 g/mol. The Kier molecular flexibility index (Phi) is 4.69. The Bertz CT molecular complexity index is 397. The molecule has 0 aliphatic carbocycles. The van der Waals surface area contributed by atoms with E-state index in [2.05, 4.69) is 0 Å². The quantitative estimate of drug-likeness (QED) is 0.811. The molecule has 2 atom stereocenters. The largest absolute Gasteiger partial charge is 0.300 e. The Labute approximate surface area is 105 Å².